The highest BCUT2D eigenvalue weighted by Crippen LogP contribution is 2.25. The molecular weight excluding hydrogens is 381 g/mol. The molecule has 0 fully saturated rings. The normalized spacial score (nSPS) is 12.2. The minimum absolute atomic E-state index is 0.191. The number of benzene rings is 2. The Bertz CT molecular complexity index is 1040. The molecule has 0 aliphatic rings. The van der Waals surface area contributed by atoms with Crippen LogP contribution in [0, 0.1) is 24.4 Å². The Morgan fingerprint density at radius 1 is 0.840 bits per heavy atom. The first-order chi connectivity index (χ1) is 11.5. The van der Waals surface area contributed by atoms with Crippen molar-refractivity contribution in [2.24, 2.45) is 0 Å². The molecular formula is C14H13F3N2O4S2. The molecule has 0 heterocycles. The van der Waals surface area contributed by atoms with Gasteiger partial charge in [-0.3, -0.25) is 4.72 Å². The summed E-state index contributed by atoms with van der Waals surface area (Å²) in [6.45, 7) is 1.50. The van der Waals surface area contributed by atoms with Crippen molar-refractivity contribution in [2.75, 3.05) is 11.8 Å². The molecule has 0 aliphatic heterocycles. The van der Waals surface area contributed by atoms with Crippen LogP contribution < -0.4 is 9.44 Å². The van der Waals surface area contributed by atoms with E-state index >= 15 is 0 Å². The molecule has 2 rings (SSSR count). The second-order valence-electron chi connectivity index (χ2n) is 4.97. The van der Waals surface area contributed by atoms with Crippen molar-refractivity contribution in [2.45, 2.75) is 16.7 Å². The molecule has 11 heteroatoms. The molecule has 0 aliphatic carbocycles. The smallest absolute Gasteiger partial charge is 0.264 e. The number of rotatable bonds is 5. The van der Waals surface area contributed by atoms with Crippen molar-refractivity contribution in [1.29, 1.82) is 0 Å². The largest absolute Gasteiger partial charge is 0.279 e. The maximum atomic E-state index is 13.7. The molecule has 0 aromatic heterocycles. The third kappa shape index (κ3) is 3.78. The van der Waals surface area contributed by atoms with Crippen molar-refractivity contribution in [3.05, 3.63) is 53.3 Å². The lowest BCUT2D eigenvalue weighted by Crippen LogP contribution is -2.20. The molecule has 0 spiro atoms. The van der Waals surface area contributed by atoms with Gasteiger partial charge in [0.2, 0.25) is 10.0 Å². The number of anilines is 1. The van der Waals surface area contributed by atoms with Crippen LogP contribution in [0.15, 0.2) is 40.1 Å². The Balaban J connectivity index is 2.50. The van der Waals surface area contributed by atoms with E-state index in [1.54, 1.807) is 0 Å². The van der Waals surface area contributed by atoms with Gasteiger partial charge in [-0.1, -0.05) is 6.07 Å². The van der Waals surface area contributed by atoms with Gasteiger partial charge in [-0.2, -0.15) is 0 Å². The maximum absolute atomic E-state index is 13.7. The topological polar surface area (TPSA) is 92.3 Å². The lowest BCUT2D eigenvalue weighted by Gasteiger charge is -2.12. The molecule has 0 saturated carbocycles. The summed E-state index contributed by atoms with van der Waals surface area (Å²) in [5.41, 5.74) is 0.153. The predicted molar refractivity (Wildman–Crippen MR) is 84.5 cm³/mol. The lowest BCUT2D eigenvalue weighted by atomic mass is 10.2. The van der Waals surface area contributed by atoms with Crippen molar-refractivity contribution >= 4 is 25.7 Å². The van der Waals surface area contributed by atoms with E-state index in [4.69, 9.17) is 0 Å². The maximum Gasteiger partial charge on any atom is 0.264 e. The average Bonchev–Trinajstić information content (AvgIpc) is 2.53. The molecule has 136 valence electrons. The number of aryl methyl sites for hydroxylation is 1. The third-order valence-corrected chi connectivity index (χ3v) is 6.24. The highest BCUT2D eigenvalue weighted by Gasteiger charge is 2.25. The van der Waals surface area contributed by atoms with E-state index < -0.39 is 42.4 Å². The van der Waals surface area contributed by atoms with Gasteiger partial charge in [-0.15, -0.1) is 0 Å². The van der Waals surface area contributed by atoms with Crippen molar-refractivity contribution < 1.29 is 30.0 Å². The fraction of sp³-hybridized carbons (Fsp3) is 0.143. The van der Waals surface area contributed by atoms with Crippen LogP contribution in [0.5, 0.6) is 0 Å². The SMILES string of the molecule is CNS(=O)(=O)c1cc(NS(=O)(=O)c2ccc(F)c(F)c2F)ccc1C. The summed E-state index contributed by atoms with van der Waals surface area (Å²) >= 11 is 0. The van der Waals surface area contributed by atoms with Gasteiger partial charge in [0.1, 0.15) is 4.90 Å². The van der Waals surface area contributed by atoms with Crippen molar-refractivity contribution in [3.8, 4) is 0 Å². The van der Waals surface area contributed by atoms with E-state index in [1.165, 1.54) is 26.1 Å². The molecule has 0 radical (unpaired) electrons. The van der Waals surface area contributed by atoms with Crippen LogP contribution in [0.1, 0.15) is 5.56 Å². The van der Waals surface area contributed by atoms with Crippen LogP contribution in [0.4, 0.5) is 18.9 Å². The standard InChI is InChI=1S/C14H13F3N2O4S2/c1-8-3-4-9(7-12(8)24(20,21)18-2)19-25(22,23)11-6-5-10(15)13(16)14(11)17/h3-7,18-19H,1-2H3. The van der Waals surface area contributed by atoms with Gasteiger partial charge < -0.3 is 0 Å². The molecule has 25 heavy (non-hydrogen) atoms. The zero-order chi connectivity index (χ0) is 19.0. The Morgan fingerprint density at radius 3 is 2.08 bits per heavy atom. The Morgan fingerprint density at radius 2 is 1.48 bits per heavy atom. The van der Waals surface area contributed by atoms with E-state index in [0.29, 0.717) is 17.7 Å². The summed E-state index contributed by atoms with van der Waals surface area (Å²) in [7, 11) is -7.29. The monoisotopic (exact) mass is 394 g/mol. The van der Waals surface area contributed by atoms with Crippen LogP contribution in [-0.2, 0) is 20.0 Å². The van der Waals surface area contributed by atoms with Gasteiger partial charge in [0.25, 0.3) is 10.0 Å². The summed E-state index contributed by atoms with van der Waals surface area (Å²) in [6.07, 6.45) is 0. The second-order valence-corrected chi connectivity index (χ2v) is 8.47. The zero-order valence-corrected chi connectivity index (χ0v) is 14.6. The third-order valence-electron chi connectivity index (χ3n) is 3.29. The van der Waals surface area contributed by atoms with Gasteiger partial charge in [0.05, 0.1) is 10.6 Å². The van der Waals surface area contributed by atoms with E-state index in [2.05, 4.69) is 4.72 Å². The summed E-state index contributed by atoms with van der Waals surface area (Å²) in [6, 6.07) is 4.65. The van der Waals surface area contributed by atoms with E-state index in [-0.39, 0.29) is 10.6 Å². The number of sulfonamides is 2. The van der Waals surface area contributed by atoms with Crippen LogP contribution >= 0.6 is 0 Å². The quantitative estimate of drug-likeness (QED) is 0.760. The Kier molecular flexibility index (Phi) is 5.11. The number of hydrogen-bond acceptors (Lipinski definition) is 4. The fourth-order valence-electron chi connectivity index (χ4n) is 1.99. The summed E-state index contributed by atoms with van der Waals surface area (Å²) < 4.78 is 92.1. The first-order valence-corrected chi connectivity index (χ1v) is 9.67. The van der Waals surface area contributed by atoms with Crippen LogP contribution in [0.3, 0.4) is 0 Å². The van der Waals surface area contributed by atoms with Crippen molar-refractivity contribution in [3.63, 3.8) is 0 Å². The minimum Gasteiger partial charge on any atom is -0.279 e. The van der Waals surface area contributed by atoms with E-state index in [0.717, 1.165) is 6.07 Å². The van der Waals surface area contributed by atoms with Crippen molar-refractivity contribution in [1.82, 2.24) is 4.72 Å². The number of nitrogens with one attached hydrogen (secondary N) is 2. The summed E-state index contributed by atoms with van der Waals surface area (Å²) in [5, 5.41) is 0. The van der Waals surface area contributed by atoms with Crippen LogP contribution in [0.2, 0.25) is 0 Å². The minimum atomic E-state index is -4.61. The highest BCUT2D eigenvalue weighted by atomic mass is 32.2. The van der Waals surface area contributed by atoms with Gasteiger partial charge >= 0.3 is 0 Å². The van der Waals surface area contributed by atoms with Gasteiger partial charge in [0, 0.05) is 0 Å². The van der Waals surface area contributed by atoms with Crippen LogP contribution in [-0.4, -0.2) is 23.9 Å². The summed E-state index contributed by atoms with van der Waals surface area (Å²) in [4.78, 5) is -1.30. The molecule has 0 bridgehead atoms. The Labute approximate surface area is 142 Å². The molecule has 0 atom stereocenters. The average molecular weight is 394 g/mol. The highest BCUT2D eigenvalue weighted by molar-refractivity contribution is 7.92. The molecule has 0 unspecified atom stereocenters. The summed E-state index contributed by atoms with van der Waals surface area (Å²) in [5.74, 6) is -5.33. The first kappa shape index (κ1) is 19.2. The predicted octanol–water partition coefficient (Wildman–Crippen LogP) is 2.12. The lowest BCUT2D eigenvalue weighted by molar-refractivity contribution is 0.432. The number of halogens is 3. The molecule has 2 aromatic carbocycles. The fourth-order valence-corrected chi connectivity index (χ4v) is 4.10. The molecule has 0 saturated heterocycles. The second kappa shape index (κ2) is 6.65. The van der Waals surface area contributed by atoms with Gasteiger partial charge in [-0.25, -0.2) is 34.7 Å². The van der Waals surface area contributed by atoms with Crippen LogP contribution in [0.25, 0.3) is 0 Å². The molecule has 2 N–H and O–H groups in total. The van der Waals surface area contributed by atoms with Gasteiger partial charge in [-0.05, 0) is 43.8 Å². The number of hydrogen-bond donors (Lipinski definition) is 2. The Hall–Kier alpha value is -2.11. The zero-order valence-electron chi connectivity index (χ0n) is 13.0. The molecule has 2 aromatic rings. The first-order valence-electron chi connectivity index (χ1n) is 6.70. The molecule has 0 amide bonds. The van der Waals surface area contributed by atoms with Gasteiger partial charge in [0.15, 0.2) is 17.5 Å². The molecule has 6 nitrogen and oxygen atoms in total. The van der Waals surface area contributed by atoms with E-state index in [9.17, 15) is 30.0 Å². The van der Waals surface area contributed by atoms with E-state index in [1.807, 2.05) is 4.72 Å².